The number of fused-ring (bicyclic) bond motifs is 1. The van der Waals surface area contributed by atoms with Crippen molar-refractivity contribution in [3.63, 3.8) is 0 Å². The maximum Gasteiger partial charge on any atom is 0.322 e. The van der Waals surface area contributed by atoms with E-state index in [1.165, 1.54) is 42.5 Å². The summed E-state index contributed by atoms with van der Waals surface area (Å²) in [5.74, 6) is -2.19. The van der Waals surface area contributed by atoms with Crippen LogP contribution >= 0.6 is 11.6 Å². The number of hydrogen-bond acceptors (Lipinski definition) is 5. The van der Waals surface area contributed by atoms with Crippen LogP contribution in [0.1, 0.15) is 10.5 Å². The van der Waals surface area contributed by atoms with Crippen molar-refractivity contribution in [3.8, 4) is 17.2 Å². The van der Waals surface area contributed by atoms with E-state index >= 15 is 0 Å². The molecule has 27 heavy (non-hydrogen) atoms. The molecule has 0 radical (unpaired) electrons. The SMILES string of the molecule is O=C(O)CNC(=O)c1nc(Cl)c2cc(Oc3ccc(F)cc3)ccc2c1O. The standard InChI is InChI=1S/C18H12ClFN2O5/c19-17-13-7-11(27-10-3-1-9(20)2-4-10)5-6-12(13)16(25)15(22-17)18(26)21-8-14(23)24/h1-7,25H,8H2,(H,21,26)(H,23,24). The number of nitrogens with zero attached hydrogens (tertiary/aromatic N) is 1. The zero-order valence-electron chi connectivity index (χ0n) is 13.6. The highest BCUT2D eigenvalue weighted by Gasteiger charge is 2.19. The molecule has 138 valence electrons. The van der Waals surface area contributed by atoms with Crippen molar-refractivity contribution in [2.24, 2.45) is 0 Å². The monoisotopic (exact) mass is 390 g/mol. The zero-order valence-corrected chi connectivity index (χ0v) is 14.3. The van der Waals surface area contributed by atoms with Gasteiger partial charge in [-0.15, -0.1) is 0 Å². The van der Waals surface area contributed by atoms with Gasteiger partial charge in [0.1, 0.15) is 29.0 Å². The van der Waals surface area contributed by atoms with Gasteiger partial charge in [-0.05, 0) is 42.5 Å². The first-order valence-corrected chi connectivity index (χ1v) is 7.98. The quantitative estimate of drug-likeness (QED) is 0.576. The van der Waals surface area contributed by atoms with Gasteiger partial charge in [-0.1, -0.05) is 11.6 Å². The van der Waals surface area contributed by atoms with Crippen LogP contribution in [0.4, 0.5) is 4.39 Å². The molecular weight excluding hydrogens is 379 g/mol. The van der Waals surface area contributed by atoms with Crippen molar-refractivity contribution in [3.05, 3.63) is 59.1 Å². The molecule has 0 unspecified atom stereocenters. The number of nitrogens with one attached hydrogen (secondary N) is 1. The summed E-state index contributed by atoms with van der Waals surface area (Å²) in [5.41, 5.74) is -0.388. The largest absolute Gasteiger partial charge is 0.505 e. The van der Waals surface area contributed by atoms with Crippen molar-refractivity contribution in [2.75, 3.05) is 6.54 Å². The third kappa shape index (κ3) is 4.06. The Bertz CT molecular complexity index is 1040. The predicted octanol–water partition coefficient (Wildman–Crippen LogP) is 3.34. The first-order valence-electron chi connectivity index (χ1n) is 7.61. The summed E-state index contributed by atoms with van der Waals surface area (Å²) < 4.78 is 18.6. The van der Waals surface area contributed by atoms with E-state index in [0.29, 0.717) is 16.9 Å². The molecule has 0 aliphatic heterocycles. The molecule has 3 aromatic rings. The molecule has 9 heteroatoms. The molecule has 0 aliphatic rings. The zero-order chi connectivity index (χ0) is 19.6. The lowest BCUT2D eigenvalue weighted by Gasteiger charge is -2.11. The molecule has 0 fully saturated rings. The van der Waals surface area contributed by atoms with Crippen LogP contribution in [0.5, 0.6) is 17.2 Å². The summed E-state index contributed by atoms with van der Waals surface area (Å²) in [6.07, 6.45) is 0. The summed E-state index contributed by atoms with van der Waals surface area (Å²) in [4.78, 5) is 26.4. The van der Waals surface area contributed by atoms with Gasteiger partial charge in [0.15, 0.2) is 11.4 Å². The molecule has 0 spiro atoms. The van der Waals surface area contributed by atoms with Crippen LogP contribution in [0.3, 0.4) is 0 Å². The Morgan fingerprint density at radius 1 is 1.11 bits per heavy atom. The number of carbonyl (C=O) groups is 2. The molecule has 1 heterocycles. The van der Waals surface area contributed by atoms with Crippen LogP contribution in [0.2, 0.25) is 5.15 Å². The number of carboxylic acids is 1. The molecule has 1 amide bonds. The maximum atomic E-state index is 13.0. The average Bonchev–Trinajstić information content (AvgIpc) is 2.64. The molecule has 2 aromatic carbocycles. The number of amides is 1. The molecule has 0 saturated heterocycles. The number of aliphatic carboxylic acids is 1. The topological polar surface area (TPSA) is 109 Å². The fourth-order valence-electron chi connectivity index (χ4n) is 2.34. The van der Waals surface area contributed by atoms with Gasteiger partial charge in [0.05, 0.1) is 0 Å². The first kappa shape index (κ1) is 18.4. The second-order valence-corrected chi connectivity index (χ2v) is 5.80. The van der Waals surface area contributed by atoms with Crippen molar-refractivity contribution in [1.82, 2.24) is 10.3 Å². The van der Waals surface area contributed by atoms with Crippen LogP contribution in [0, 0.1) is 5.82 Å². The van der Waals surface area contributed by atoms with E-state index in [9.17, 15) is 19.1 Å². The van der Waals surface area contributed by atoms with E-state index in [1.807, 2.05) is 0 Å². The Labute approximate surface area is 157 Å². The second kappa shape index (κ2) is 7.46. The lowest BCUT2D eigenvalue weighted by atomic mass is 10.1. The number of hydrogen-bond donors (Lipinski definition) is 3. The molecule has 0 saturated carbocycles. The average molecular weight is 391 g/mol. The van der Waals surface area contributed by atoms with Crippen molar-refractivity contribution in [2.45, 2.75) is 0 Å². The Morgan fingerprint density at radius 3 is 2.44 bits per heavy atom. The number of carboxylic acid groups (broad SMARTS) is 1. The summed E-state index contributed by atoms with van der Waals surface area (Å²) in [6.45, 7) is -0.625. The van der Waals surface area contributed by atoms with Gasteiger partial charge in [-0.3, -0.25) is 9.59 Å². The number of carbonyl (C=O) groups excluding carboxylic acids is 1. The lowest BCUT2D eigenvalue weighted by Crippen LogP contribution is -2.30. The minimum absolute atomic E-state index is 0.0761. The number of aromatic nitrogens is 1. The summed E-state index contributed by atoms with van der Waals surface area (Å²) in [5, 5.41) is 21.5. The van der Waals surface area contributed by atoms with Crippen molar-refractivity contribution < 1.29 is 28.9 Å². The summed E-state index contributed by atoms with van der Waals surface area (Å²) >= 11 is 6.11. The first-order chi connectivity index (χ1) is 12.8. The van der Waals surface area contributed by atoms with Gasteiger partial charge in [0, 0.05) is 10.8 Å². The van der Waals surface area contributed by atoms with Gasteiger partial charge in [0.2, 0.25) is 0 Å². The number of aromatic hydroxyl groups is 1. The van der Waals surface area contributed by atoms with Crippen LogP contribution in [-0.4, -0.2) is 33.6 Å². The van der Waals surface area contributed by atoms with E-state index < -0.39 is 30.0 Å². The fourth-order valence-corrected chi connectivity index (χ4v) is 2.58. The predicted molar refractivity (Wildman–Crippen MR) is 94.9 cm³/mol. The Hall–Kier alpha value is -3.39. The van der Waals surface area contributed by atoms with Crippen LogP contribution in [0.25, 0.3) is 10.8 Å². The molecule has 0 bridgehead atoms. The Morgan fingerprint density at radius 2 is 1.78 bits per heavy atom. The van der Waals surface area contributed by atoms with Gasteiger partial charge in [0.25, 0.3) is 5.91 Å². The molecule has 0 atom stereocenters. The van der Waals surface area contributed by atoms with Gasteiger partial charge in [-0.25, -0.2) is 9.37 Å². The van der Waals surface area contributed by atoms with E-state index in [1.54, 1.807) is 0 Å². The summed E-state index contributed by atoms with van der Waals surface area (Å²) in [7, 11) is 0. The molecule has 3 N–H and O–H groups in total. The van der Waals surface area contributed by atoms with Gasteiger partial charge >= 0.3 is 5.97 Å². The van der Waals surface area contributed by atoms with E-state index in [-0.39, 0.29) is 16.2 Å². The van der Waals surface area contributed by atoms with Crippen molar-refractivity contribution in [1.29, 1.82) is 0 Å². The van der Waals surface area contributed by atoms with Crippen LogP contribution in [0.15, 0.2) is 42.5 Å². The van der Waals surface area contributed by atoms with Crippen LogP contribution in [-0.2, 0) is 4.79 Å². The fraction of sp³-hybridized carbons (Fsp3) is 0.0556. The number of ether oxygens (including phenoxy) is 1. The third-order valence-electron chi connectivity index (χ3n) is 3.57. The minimum Gasteiger partial charge on any atom is -0.505 e. The highest BCUT2D eigenvalue weighted by molar-refractivity contribution is 6.35. The highest BCUT2D eigenvalue weighted by atomic mass is 35.5. The summed E-state index contributed by atoms with van der Waals surface area (Å²) in [6, 6.07) is 9.91. The number of halogens is 2. The molecule has 0 aliphatic carbocycles. The molecular formula is C18H12ClFN2O5. The highest BCUT2D eigenvalue weighted by Crippen LogP contribution is 2.35. The molecule has 1 aromatic heterocycles. The Kier molecular flexibility index (Phi) is 5.09. The number of rotatable bonds is 5. The second-order valence-electron chi connectivity index (χ2n) is 5.44. The van der Waals surface area contributed by atoms with E-state index in [4.69, 9.17) is 21.4 Å². The van der Waals surface area contributed by atoms with E-state index in [2.05, 4.69) is 10.3 Å². The van der Waals surface area contributed by atoms with Crippen molar-refractivity contribution >= 4 is 34.2 Å². The number of benzene rings is 2. The Balaban J connectivity index is 1.94. The lowest BCUT2D eigenvalue weighted by molar-refractivity contribution is -0.135. The maximum absolute atomic E-state index is 13.0. The number of pyridine rings is 1. The minimum atomic E-state index is -1.24. The molecule has 7 nitrogen and oxygen atoms in total. The van der Waals surface area contributed by atoms with E-state index in [0.717, 1.165) is 0 Å². The smallest absolute Gasteiger partial charge is 0.322 e. The third-order valence-corrected chi connectivity index (χ3v) is 3.86. The van der Waals surface area contributed by atoms with Crippen LogP contribution < -0.4 is 10.1 Å². The molecule has 3 rings (SSSR count). The van der Waals surface area contributed by atoms with Gasteiger partial charge in [-0.2, -0.15) is 0 Å². The normalized spacial score (nSPS) is 10.6. The van der Waals surface area contributed by atoms with Gasteiger partial charge < -0.3 is 20.3 Å².